The van der Waals surface area contributed by atoms with Crippen LogP contribution in [0.25, 0.3) is 0 Å². The van der Waals surface area contributed by atoms with Crippen molar-refractivity contribution < 1.29 is 9.53 Å². The second kappa shape index (κ2) is 5.64. The van der Waals surface area contributed by atoms with E-state index in [0.29, 0.717) is 17.3 Å². The Morgan fingerprint density at radius 2 is 2.11 bits per heavy atom. The third kappa shape index (κ3) is 2.68. The monoisotopic (exact) mass is 262 g/mol. The van der Waals surface area contributed by atoms with Crippen LogP contribution in [0.15, 0.2) is 42.1 Å². The number of carbonyl (C=O) groups is 1. The topological polar surface area (TPSA) is 50.4 Å². The largest absolute Gasteiger partial charge is 0.463 e. The molecule has 0 aliphatic carbocycles. The van der Waals surface area contributed by atoms with Gasteiger partial charge in [0.2, 0.25) is 0 Å². The molecule has 0 radical (unpaired) electrons. The Morgan fingerprint density at radius 1 is 1.39 bits per heavy atom. The number of hydrogen-bond acceptors (Lipinski definition) is 3. The van der Waals surface area contributed by atoms with Crippen LogP contribution in [0.4, 0.5) is 0 Å². The molecule has 4 nitrogen and oxygen atoms in total. The standard InChI is InChI=1S/C13H14N2O2S/c1-2-17-12(16)10-8-14-13(18)15-11(10)9-6-4-3-5-7-9/h3-8,11H,2H2,1H3,(H2,14,15,18). The highest BCUT2D eigenvalue weighted by molar-refractivity contribution is 7.80. The van der Waals surface area contributed by atoms with Crippen molar-refractivity contribution in [2.24, 2.45) is 0 Å². The molecule has 1 aliphatic heterocycles. The Hall–Kier alpha value is -1.88. The van der Waals surface area contributed by atoms with E-state index in [-0.39, 0.29) is 12.0 Å². The molecule has 2 rings (SSSR count). The van der Waals surface area contributed by atoms with Crippen molar-refractivity contribution in [1.82, 2.24) is 10.6 Å². The zero-order valence-corrected chi connectivity index (χ0v) is 10.8. The molecular formula is C13H14N2O2S. The highest BCUT2D eigenvalue weighted by Crippen LogP contribution is 2.24. The van der Waals surface area contributed by atoms with Gasteiger partial charge in [-0.15, -0.1) is 0 Å². The minimum Gasteiger partial charge on any atom is -0.463 e. The van der Waals surface area contributed by atoms with E-state index in [1.807, 2.05) is 30.3 Å². The van der Waals surface area contributed by atoms with Crippen LogP contribution < -0.4 is 10.6 Å². The van der Waals surface area contributed by atoms with Crippen LogP contribution in [0.1, 0.15) is 18.5 Å². The van der Waals surface area contributed by atoms with E-state index in [0.717, 1.165) is 5.56 Å². The number of esters is 1. The van der Waals surface area contributed by atoms with E-state index in [4.69, 9.17) is 17.0 Å². The summed E-state index contributed by atoms with van der Waals surface area (Å²) in [6, 6.07) is 9.39. The molecule has 0 amide bonds. The van der Waals surface area contributed by atoms with Gasteiger partial charge >= 0.3 is 5.97 Å². The van der Waals surface area contributed by atoms with Gasteiger partial charge in [-0.25, -0.2) is 4.79 Å². The maximum absolute atomic E-state index is 11.9. The molecule has 0 spiro atoms. The van der Waals surface area contributed by atoms with E-state index in [2.05, 4.69) is 10.6 Å². The Kier molecular flexibility index (Phi) is 3.94. The van der Waals surface area contributed by atoms with Gasteiger partial charge in [0.15, 0.2) is 5.11 Å². The molecule has 1 aliphatic rings. The number of rotatable bonds is 3. The maximum atomic E-state index is 11.9. The first-order chi connectivity index (χ1) is 8.72. The van der Waals surface area contributed by atoms with Gasteiger partial charge in [-0.3, -0.25) is 0 Å². The van der Waals surface area contributed by atoms with Gasteiger partial charge in [-0.05, 0) is 24.7 Å². The average Bonchev–Trinajstić information content (AvgIpc) is 2.40. The lowest BCUT2D eigenvalue weighted by atomic mass is 9.98. The average molecular weight is 262 g/mol. The molecule has 0 aromatic heterocycles. The first kappa shape index (κ1) is 12.6. The molecule has 0 bridgehead atoms. The van der Waals surface area contributed by atoms with Crippen LogP contribution >= 0.6 is 12.2 Å². The Bertz CT molecular complexity index is 485. The second-order valence-corrected chi connectivity index (χ2v) is 4.19. The zero-order valence-electron chi connectivity index (χ0n) is 9.97. The smallest absolute Gasteiger partial charge is 0.337 e. The van der Waals surface area contributed by atoms with Crippen molar-refractivity contribution in [3.8, 4) is 0 Å². The molecule has 2 N–H and O–H groups in total. The lowest BCUT2D eigenvalue weighted by Crippen LogP contribution is -2.42. The van der Waals surface area contributed by atoms with Crippen LogP contribution in [0, 0.1) is 0 Å². The van der Waals surface area contributed by atoms with Gasteiger partial charge in [0.1, 0.15) is 0 Å². The molecule has 1 unspecified atom stereocenters. The number of carbonyl (C=O) groups excluding carboxylic acids is 1. The number of hydrogen-bond donors (Lipinski definition) is 2. The Labute approximate surface area is 111 Å². The highest BCUT2D eigenvalue weighted by Gasteiger charge is 2.27. The predicted octanol–water partition coefficient (Wildman–Crippen LogP) is 1.65. The van der Waals surface area contributed by atoms with Crippen LogP contribution in [-0.4, -0.2) is 17.7 Å². The fourth-order valence-corrected chi connectivity index (χ4v) is 1.95. The summed E-state index contributed by atoms with van der Waals surface area (Å²) in [6.07, 6.45) is 1.61. The molecule has 1 heterocycles. The van der Waals surface area contributed by atoms with Crippen molar-refractivity contribution in [3.05, 3.63) is 47.7 Å². The molecule has 0 saturated carbocycles. The van der Waals surface area contributed by atoms with Crippen LogP contribution in [-0.2, 0) is 9.53 Å². The van der Waals surface area contributed by atoms with Crippen molar-refractivity contribution in [2.75, 3.05) is 6.61 Å². The van der Waals surface area contributed by atoms with Crippen molar-refractivity contribution in [3.63, 3.8) is 0 Å². The van der Waals surface area contributed by atoms with Crippen molar-refractivity contribution >= 4 is 23.3 Å². The number of ether oxygens (including phenoxy) is 1. The summed E-state index contributed by atoms with van der Waals surface area (Å²) < 4.78 is 5.04. The number of thiocarbonyl (C=S) groups is 1. The molecule has 1 atom stereocenters. The maximum Gasteiger partial charge on any atom is 0.337 e. The first-order valence-corrected chi connectivity index (χ1v) is 6.12. The zero-order chi connectivity index (χ0) is 13.0. The van der Waals surface area contributed by atoms with E-state index in [1.54, 1.807) is 13.1 Å². The minimum absolute atomic E-state index is 0.265. The molecule has 0 fully saturated rings. The summed E-state index contributed by atoms with van der Waals surface area (Å²) >= 11 is 5.07. The summed E-state index contributed by atoms with van der Waals surface area (Å²) in [5.74, 6) is -0.339. The third-order valence-electron chi connectivity index (χ3n) is 2.59. The van der Waals surface area contributed by atoms with E-state index >= 15 is 0 Å². The van der Waals surface area contributed by atoms with Crippen molar-refractivity contribution in [1.29, 1.82) is 0 Å². The quantitative estimate of drug-likeness (QED) is 0.641. The molecule has 1 aromatic carbocycles. The summed E-state index contributed by atoms with van der Waals surface area (Å²) in [6.45, 7) is 2.13. The van der Waals surface area contributed by atoms with Gasteiger partial charge in [0, 0.05) is 6.20 Å². The van der Waals surface area contributed by atoms with Gasteiger partial charge < -0.3 is 15.4 Å². The van der Waals surface area contributed by atoms with Crippen LogP contribution in [0.3, 0.4) is 0 Å². The SMILES string of the molecule is CCOC(=O)C1=CNC(=S)NC1c1ccccc1. The fourth-order valence-electron chi connectivity index (χ4n) is 1.78. The Balaban J connectivity index is 2.30. The number of benzene rings is 1. The fraction of sp³-hybridized carbons (Fsp3) is 0.231. The van der Waals surface area contributed by atoms with E-state index in [1.165, 1.54) is 0 Å². The van der Waals surface area contributed by atoms with Crippen LogP contribution in [0.2, 0.25) is 0 Å². The van der Waals surface area contributed by atoms with E-state index in [9.17, 15) is 4.79 Å². The van der Waals surface area contributed by atoms with Crippen molar-refractivity contribution in [2.45, 2.75) is 13.0 Å². The Morgan fingerprint density at radius 3 is 2.78 bits per heavy atom. The first-order valence-electron chi connectivity index (χ1n) is 5.71. The predicted molar refractivity (Wildman–Crippen MR) is 72.8 cm³/mol. The summed E-state index contributed by atoms with van der Waals surface area (Å²) in [7, 11) is 0. The molecular weight excluding hydrogens is 248 g/mol. The second-order valence-electron chi connectivity index (χ2n) is 3.78. The van der Waals surface area contributed by atoms with Gasteiger partial charge in [0.05, 0.1) is 18.2 Å². The summed E-state index contributed by atoms with van der Waals surface area (Å²) in [5, 5.41) is 6.40. The summed E-state index contributed by atoms with van der Waals surface area (Å²) in [4.78, 5) is 11.9. The third-order valence-corrected chi connectivity index (χ3v) is 2.82. The van der Waals surface area contributed by atoms with Gasteiger partial charge in [-0.1, -0.05) is 30.3 Å². The van der Waals surface area contributed by atoms with Gasteiger partial charge in [0.25, 0.3) is 0 Å². The lowest BCUT2D eigenvalue weighted by Gasteiger charge is -2.26. The molecule has 0 saturated heterocycles. The normalized spacial score (nSPS) is 18.4. The molecule has 94 valence electrons. The molecule has 1 aromatic rings. The van der Waals surface area contributed by atoms with Crippen LogP contribution in [0.5, 0.6) is 0 Å². The molecule has 18 heavy (non-hydrogen) atoms. The molecule has 5 heteroatoms. The lowest BCUT2D eigenvalue weighted by molar-refractivity contribution is -0.138. The summed E-state index contributed by atoms with van der Waals surface area (Å²) in [5.41, 5.74) is 1.50. The minimum atomic E-state index is -0.339. The highest BCUT2D eigenvalue weighted by atomic mass is 32.1. The van der Waals surface area contributed by atoms with E-state index < -0.39 is 0 Å². The number of nitrogens with one attached hydrogen (secondary N) is 2. The van der Waals surface area contributed by atoms with Gasteiger partial charge in [-0.2, -0.15) is 0 Å².